The summed E-state index contributed by atoms with van der Waals surface area (Å²) in [7, 11) is 1.83. The van der Waals surface area contributed by atoms with E-state index in [1.807, 2.05) is 13.1 Å². The molecule has 0 aliphatic carbocycles. The molecule has 1 amide bonds. The number of morpholine rings is 1. The van der Waals surface area contributed by atoms with Crippen LogP contribution in [0.2, 0.25) is 0 Å². The second-order valence-corrected chi connectivity index (χ2v) is 6.11. The van der Waals surface area contributed by atoms with Crippen LogP contribution in [0.3, 0.4) is 0 Å². The van der Waals surface area contributed by atoms with E-state index >= 15 is 0 Å². The predicted octanol–water partition coefficient (Wildman–Crippen LogP) is 1.64. The molecule has 4 nitrogen and oxygen atoms in total. The summed E-state index contributed by atoms with van der Waals surface area (Å²) < 4.78 is 5.67. The Morgan fingerprint density at radius 2 is 2.21 bits per heavy atom. The summed E-state index contributed by atoms with van der Waals surface area (Å²) in [5.41, 5.74) is 3.35. The third-order valence-corrected chi connectivity index (χ3v) is 3.90. The molecule has 102 valence electrons. The maximum atomic E-state index is 11.7. The number of hydrogen-bond acceptors (Lipinski definition) is 3. The van der Waals surface area contributed by atoms with Gasteiger partial charge in [-0.25, -0.2) is 0 Å². The summed E-state index contributed by atoms with van der Waals surface area (Å²) in [6.45, 7) is 5.70. The molecule has 0 aromatic heterocycles. The van der Waals surface area contributed by atoms with Crippen LogP contribution in [0.25, 0.3) is 0 Å². The molecule has 19 heavy (non-hydrogen) atoms. The van der Waals surface area contributed by atoms with Crippen LogP contribution >= 0.6 is 0 Å². The minimum atomic E-state index is -0.00541. The number of likely N-dealkylation sites (N-methyl/N-ethyl adjacent to an activating group) is 1. The zero-order valence-electron chi connectivity index (χ0n) is 11.7. The lowest BCUT2D eigenvalue weighted by Crippen LogP contribution is -2.51. The quantitative estimate of drug-likeness (QED) is 0.834. The summed E-state index contributed by atoms with van der Waals surface area (Å²) >= 11 is 0. The van der Waals surface area contributed by atoms with E-state index in [1.165, 1.54) is 5.56 Å². The van der Waals surface area contributed by atoms with Gasteiger partial charge in [0.1, 0.15) is 0 Å². The summed E-state index contributed by atoms with van der Waals surface area (Å²) in [5.74, 6) is 0.167. The number of ether oxygens (including phenoxy) is 1. The average molecular weight is 260 g/mol. The number of anilines is 1. The minimum Gasteiger partial charge on any atom is -0.378 e. The highest BCUT2D eigenvalue weighted by atomic mass is 16.5. The van der Waals surface area contributed by atoms with Crippen molar-refractivity contribution in [2.45, 2.75) is 31.8 Å². The molecule has 1 aromatic rings. The molecule has 1 N–H and O–H groups in total. The molecule has 0 radical (unpaired) electrons. The number of hydrogen-bond donors (Lipinski definition) is 1. The van der Waals surface area contributed by atoms with Gasteiger partial charge in [-0.15, -0.1) is 0 Å². The van der Waals surface area contributed by atoms with Crippen molar-refractivity contribution < 1.29 is 9.53 Å². The van der Waals surface area contributed by atoms with E-state index < -0.39 is 0 Å². The van der Waals surface area contributed by atoms with Crippen molar-refractivity contribution in [2.75, 3.05) is 25.2 Å². The lowest BCUT2D eigenvalue weighted by Gasteiger charge is -2.37. The highest BCUT2D eigenvalue weighted by Gasteiger charge is 2.30. The molecule has 1 unspecified atom stereocenters. The molecule has 4 heteroatoms. The second-order valence-electron chi connectivity index (χ2n) is 6.11. The zero-order chi connectivity index (χ0) is 13.6. The van der Waals surface area contributed by atoms with Crippen LogP contribution in [0.15, 0.2) is 18.2 Å². The van der Waals surface area contributed by atoms with Gasteiger partial charge in [0.2, 0.25) is 5.91 Å². The van der Waals surface area contributed by atoms with Gasteiger partial charge in [0.15, 0.2) is 0 Å². The van der Waals surface area contributed by atoms with Crippen molar-refractivity contribution >= 4 is 11.6 Å². The second kappa shape index (κ2) is 4.32. The van der Waals surface area contributed by atoms with E-state index in [0.717, 1.165) is 17.9 Å². The minimum absolute atomic E-state index is 0.00541. The number of benzene rings is 1. The first-order valence-corrected chi connectivity index (χ1v) is 6.71. The van der Waals surface area contributed by atoms with Gasteiger partial charge in [-0.3, -0.25) is 4.79 Å². The molecule has 1 fully saturated rings. The zero-order valence-corrected chi connectivity index (χ0v) is 11.7. The summed E-state index contributed by atoms with van der Waals surface area (Å²) in [6.07, 6.45) is 0.511. The maximum Gasteiger partial charge on any atom is 0.231 e. The number of nitrogens with zero attached hydrogens (tertiary/aromatic N) is 1. The van der Waals surface area contributed by atoms with Crippen LogP contribution in [0, 0.1) is 0 Å². The number of rotatable bonds is 1. The molecule has 1 aromatic carbocycles. The van der Waals surface area contributed by atoms with Crippen LogP contribution in [0.4, 0.5) is 5.69 Å². The van der Waals surface area contributed by atoms with E-state index in [1.54, 1.807) is 4.90 Å². The van der Waals surface area contributed by atoms with Gasteiger partial charge >= 0.3 is 0 Å². The van der Waals surface area contributed by atoms with Gasteiger partial charge in [-0.2, -0.15) is 0 Å². The third kappa shape index (κ3) is 2.26. The first kappa shape index (κ1) is 12.6. The highest BCUT2D eigenvalue weighted by Crippen LogP contribution is 2.31. The molecule has 0 bridgehead atoms. The highest BCUT2D eigenvalue weighted by molar-refractivity contribution is 6.00. The van der Waals surface area contributed by atoms with Crippen LogP contribution in [-0.2, 0) is 16.0 Å². The molecular formula is C15H20N2O2. The fourth-order valence-electron chi connectivity index (χ4n) is 2.87. The summed E-state index contributed by atoms with van der Waals surface area (Å²) in [6, 6.07) is 6.48. The fraction of sp³-hybridized carbons (Fsp3) is 0.533. The maximum absolute atomic E-state index is 11.7. The number of carbonyl (C=O) groups is 1. The van der Waals surface area contributed by atoms with Gasteiger partial charge in [0, 0.05) is 18.3 Å². The Labute approximate surface area is 113 Å². The van der Waals surface area contributed by atoms with Gasteiger partial charge in [-0.05, 0) is 31.0 Å². The van der Waals surface area contributed by atoms with E-state index in [-0.39, 0.29) is 17.5 Å². The molecule has 0 saturated carbocycles. The van der Waals surface area contributed by atoms with Crippen molar-refractivity contribution in [3.05, 3.63) is 29.3 Å². The molecule has 0 spiro atoms. The summed E-state index contributed by atoms with van der Waals surface area (Å²) in [4.78, 5) is 13.4. The predicted molar refractivity (Wildman–Crippen MR) is 74.3 cm³/mol. The smallest absolute Gasteiger partial charge is 0.231 e. The largest absolute Gasteiger partial charge is 0.378 e. The summed E-state index contributed by atoms with van der Waals surface area (Å²) in [5, 5.41) is 3.60. The molecule has 3 rings (SSSR count). The van der Waals surface area contributed by atoms with Crippen molar-refractivity contribution in [1.82, 2.24) is 5.32 Å². The third-order valence-electron chi connectivity index (χ3n) is 3.90. The Morgan fingerprint density at radius 1 is 1.42 bits per heavy atom. The first-order valence-electron chi connectivity index (χ1n) is 6.71. The van der Waals surface area contributed by atoms with Gasteiger partial charge in [0.25, 0.3) is 0 Å². The average Bonchev–Trinajstić information content (AvgIpc) is 2.63. The first-order chi connectivity index (χ1) is 8.96. The van der Waals surface area contributed by atoms with Crippen molar-refractivity contribution in [3.63, 3.8) is 0 Å². The molecule has 2 aliphatic rings. The standard InChI is InChI=1S/C15H20N2O2/c1-15(2)9-19-8-12(16-15)10-4-5-13-11(6-10)7-14(18)17(13)3/h4-6,12,16H,7-9H2,1-3H3. The molecule has 1 saturated heterocycles. The topological polar surface area (TPSA) is 41.6 Å². The van der Waals surface area contributed by atoms with Crippen molar-refractivity contribution in [3.8, 4) is 0 Å². The van der Waals surface area contributed by atoms with Crippen LogP contribution in [0.1, 0.15) is 31.0 Å². The Hall–Kier alpha value is -1.39. The number of amides is 1. The van der Waals surface area contributed by atoms with E-state index in [9.17, 15) is 4.79 Å². The fourth-order valence-corrected chi connectivity index (χ4v) is 2.87. The van der Waals surface area contributed by atoms with E-state index in [2.05, 4.69) is 31.3 Å². The number of carbonyl (C=O) groups excluding carboxylic acids is 1. The molecular weight excluding hydrogens is 240 g/mol. The van der Waals surface area contributed by atoms with Crippen LogP contribution in [-0.4, -0.2) is 31.7 Å². The Balaban J connectivity index is 1.87. The van der Waals surface area contributed by atoms with Crippen molar-refractivity contribution in [2.24, 2.45) is 0 Å². The van der Waals surface area contributed by atoms with Crippen molar-refractivity contribution in [1.29, 1.82) is 0 Å². The van der Waals surface area contributed by atoms with Gasteiger partial charge in [-0.1, -0.05) is 12.1 Å². The lowest BCUT2D eigenvalue weighted by atomic mass is 9.97. The number of nitrogens with one attached hydrogen (secondary N) is 1. The Kier molecular flexibility index (Phi) is 2.87. The molecule has 1 atom stereocenters. The van der Waals surface area contributed by atoms with Crippen LogP contribution < -0.4 is 10.2 Å². The monoisotopic (exact) mass is 260 g/mol. The SMILES string of the molecule is CN1C(=O)Cc2cc(C3COCC(C)(C)N3)ccc21. The lowest BCUT2D eigenvalue weighted by molar-refractivity contribution is -0.117. The Bertz CT molecular complexity index is 525. The van der Waals surface area contributed by atoms with Gasteiger partial charge < -0.3 is 15.0 Å². The van der Waals surface area contributed by atoms with Crippen LogP contribution in [0.5, 0.6) is 0 Å². The number of fused-ring (bicyclic) bond motifs is 1. The van der Waals surface area contributed by atoms with E-state index in [0.29, 0.717) is 13.0 Å². The molecule has 2 aliphatic heterocycles. The van der Waals surface area contributed by atoms with E-state index in [4.69, 9.17) is 4.74 Å². The van der Waals surface area contributed by atoms with Gasteiger partial charge in [0.05, 0.1) is 25.7 Å². The normalized spacial score (nSPS) is 25.5. The Morgan fingerprint density at radius 3 is 2.95 bits per heavy atom. The molecule has 2 heterocycles.